The van der Waals surface area contributed by atoms with Crippen LogP contribution in [0.4, 0.5) is 0 Å². The Morgan fingerprint density at radius 3 is 3.05 bits per heavy atom. The third kappa shape index (κ3) is 4.61. The zero-order valence-electron chi connectivity index (χ0n) is 11.4. The van der Waals surface area contributed by atoms with Crippen molar-refractivity contribution in [1.29, 1.82) is 0 Å². The average molecular weight is 300 g/mol. The molecule has 1 aliphatic heterocycles. The fourth-order valence-electron chi connectivity index (χ4n) is 2.29. The maximum Gasteiger partial charge on any atom is 0.221 e. The molecule has 2 unspecified atom stereocenters. The van der Waals surface area contributed by atoms with Crippen molar-refractivity contribution in [2.24, 2.45) is 0 Å². The largest absolute Gasteiger partial charge is 0.352 e. The number of sulfone groups is 1. The number of rotatable bonds is 5. The van der Waals surface area contributed by atoms with Crippen molar-refractivity contribution in [2.45, 2.75) is 32.0 Å². The number of carbonyl (C=O) groups is 1. The molecule has 20 heavy (non-hydrogen) atoms. The first-order chi connectivity index (χ1) is 9.44. The van der Waals surface area contributed by atoms with E-state index in [0.717, 1.165) is 0 Å². The highest BCUT2D eigenvalue weighted by molar-refractivity contribution is 7.91. The van der Waals surface area contributed by atoms with Crippen LogP contribution in [0.25, 0.3) is 0 Å². The minimum atomic E-state index is -3.00. The molecule has 2 rings (SSSR count). The second-order valence-electron chi connectivity index (χ2n) is 5.17. The van der Waals surface area contributed by atoms with E-state index in [9.17, 15) is 13.2 Å². The van der Waals surface area contributed by atoms with E-state index in [-0.39, 0.29) is 35.9 Å². The summed E-state index contributed by atoms with van der Waals surface area (Å²) in [6, 6.07) is 1.49. The average Bonchev–Trinajstić information content (AvgIpc) is 2.79. The Morgan fingerprint density at radius 2 is 2.40 bits per heavy atom. The summed E-state index contributed by atoms with van der Waals surface area (Å²) in [4.78, 5) is 11.9. The maximum atomic E-state index is 11.9. The van der Waals surface area contributed by atoms with Crippen molar-refractivity contribution in [3.63, 3.8) is 0 Å². The number of hydrogen-bond acceptors (Lipinski definition) is 5. The first-order valence-electron chi connectivity index (χ1n) is 6.65. The van der Waals surface area contributed by atoms with Crippen LogP contribution in [0.15, 0.2) is 18.5 Å². The monoisotopic (exact) mass is 300 g/mol. The van der Waals surface area contributed by atoms with E-state index in [1.54, 1.807) is 10.9 Å². The third-order valence-electron chi connectivity index (χ3n) is 3.16. The second kappa shape index (κ2) is 6.36. The molecule has 0 bridgehead atoms. The molecule has 2 heterocycles. The maximum absolute atomic E-state index is 11.9. The summed E-state index contributed by atoms with van der Waals surface area (Å²) >= 11 is 0. The molecule has 1 aromatic heterocycles. The van der Waals surface area contributed by atoms with Gasteiger partial charge in [0.1, 0.15) is 0 Å². The Hall–Kier alpha value is -1.41. The van der Waals surface area contributed by atoms with E-state index in [2.05, 4.69) is 15.7 Å². The van der Waals surface area contributed by atoms with E-state index in [0.29, 0.717) is 13.1 Å². The van der Waals surface area contributed by atoms with Crippen LogP contribution in [0.5, 0.6) is 0 Å². The van der Waals surface area contributed by atoms with Gasteiger partial charge in [0.2, 0.25) is 5.91 Å². The fourth-order valence-corrected chi connectivity index (χ4v) is 3.73. The van der Waals surface area contributed by atoms with Crippen LogP contribution in [0, 0.1) is 0 Å². The lowest BCUT2D eigenvalue weighted by atomic mass is 10.2. The minimum absolute atomic E-state index is 0.0357. The number of amides is 1. The molecular formula is C12H20N4O3S. The normalized spacial score (nSPS) is 23.1. The Kier molecular flexibility index (Phi) is 4.77. The highest BCUT2D eigenvalue weighted by atomic mass is 32.2. The summed E-state index contributed by atoms with van der Waals surface area (Å²) in [5, 5.41) is 10.00. The van der Waals surface area contributed by atoms with E-state index in [4.69, 9.17) is 0 Å². The number of carbonyl (C=O) groups excluding carboxylic acids is 1. The summed E-state index contributed by atoms with van der Waals surface area (Å²) in [6.45, 7) is 2.91. The molecule has 2 atom stereocenters. The molecule has 112 valence electrons. The molecule has 1 aliphatic rings. The smallest absolute Gasteiger partial charge is 0.221 e. The molecule has 1 fully saturated rings. The first kappa shape index (κ1) is 15.0. The number of aromatic nitrogens is 2. The fraction of sp³-hybridized carbons (Fsp3) is 0.667. The number of nitrogens with one attached hydrogen (secondary N) is 2. The molecule has 0 radical (unpaired) electrons. The van der Waals surface area contributed by atoms with Crippen molar-refractivity contribution < 1.29 is 13.2 Å². The van der Waals surface area contributed by atoms with Gasteiger partial charge in [-0.1, -0.05) is 0 Å². The minimum Gasteiger partial charge on any atom is -0.352 e. The van der Waals surface area contributed by atoms with Gasteiger partial charge < -0.3 is 10.6 Å². The predicted octanol–water partition coefficient (Wildman–Crippen LogP) is -0.835. The predicted molar refractivity (Wildman–Crippen MR) is 74.9 cm³/mol. The molecule has 1 aromatic rings. The van der Waals surface area contributed by atoms with Crippen LogP contribution in [-0.2, 0) is 21.2 Å². The second-order valence-corrected chi connectivity index (χ2v) is 7.39. The van der Waals surface area contributed by atoms with Crippen LogP contribution in [0.1, 0.15) is 13.3 Å². The molecule has 2 N–H and O–H groups in total. The van der Waals surface area contributed by atoms with Crippen LogP contribution >= 0.6 is 0 Å². The van der Waals surface area contributed by atoms with Gasteiger partial charge >= 0.3 is 0 Å². The number of nitrogens with zero attached hydrogens (tertiary/aromatic N) is 2. The Labute approximate surface area is 118 Å². The van der Waals surface area contributed by atoms with Crippen molar-refractivity contribution in [1.82, 2.24) is 20.4 Å². The Morgan fingerprint density at radius 1 is 1.60 bits per heavy atom. The van der Waals surface area contributed by atoms with Gasteiger partial charge in [0.25, 0.3) is 0 Å². The van der Waals surface area contributed by atoms with E-state index in [1.807, 2.05) is 19.2 Å². The SMILES string of the molecule is CC(Cn1cccn1)NC(=O)CC1CS(=O)(=O)CCN1. The lowest BCUT2D eigenvalue weighted by Crippen LogP contribution is -2.48. The molecule has 0 saturated carbocycles. The van der Waals surface area contributed by atoms with Gasteiger partial charge in [0.15, 0.2) is 9.84 Å². The molecule has 0 spiro atoms. The molecular weight excluding hydrogens is 280 g/mol. The van der Waals surface area contributed by atoms with Crippen molar-refractivity contribution >= 4 is 15.7 Å². The lowest BCUT2D eigenvalue weighted by Gasteiger charge is -2.24. The van der Waals surface area contributed by atoms with E-state index in [1.165, 1.54) is 0 Å². The summed E-state index contributed by atoms with van der Waals surface area (Å²) < 4.78 is 24.7. The molecule has 0 aromatic carbocycles. The van der Waals surface area contributed by atoms with Crippen LogP contribution < -0.4 is 10.6 Å². The van der Waals surface area contributed by atoms with Crippen LogP contribution in [0.3, 0.4) is 0 Å². The quantitative estimate of drug-likeness (QED) is 0.740. The van der Waals surface area contributed by atoms with Gasteiger partial charge in [-0.3, -0.25) is 9.48 Å². The molecule has 1 amide bonds. The Balaban J connectivity index is 1.77. The lowest BCUT2D eigenvalue weighted by molar-refractivity contribution is -0.122. The van der Waals surface area contributed by atoms with Crippen molar-refractivity contribution in [3.05, 3.63) is 18.5 Å². The Bertz CT molecular complexity index is 541. The van der Waals surface area contributed by atoms with Gasteiger partial charge in [-0.05, 0) is 13.0 Å². The molecule has 8 heteroatoms. The zero-order chi connectivity index (χ0) is 14.6. The van der Waals surface area contributed by atoms with E-state index < -0.39 is 9.84 Å². The summed E-state index contributed by atoms with van der Waals surface area (Å²) in [7, 11) is -3.00. The molecule has 1 saturated heterocycles. The third-order valence-corrected chi connectivity index (χ3v) is 4.90. The standard InChI is InChI=1S/C12H20N4O3S/c1-10(8-16-5-2-3-14-16)15-12(17)7-11-9-20(18,19)6-4-13-11/h2-3,5,10-11,13H,4,6-9H2,1H3,(H,15,17). The molecule has 0 aliphatic carbocycles. The summed E-state index contributed by atoms with van der Waals surface area (Å²) in [6.07, 6.45) is 3.70. The topological polar surface area (TPSA) is 93.1 Å². The van der Waals surface area contributed by atoms with Gasteiger partial charge in [0, 0.05) is 37.4 Å². The van der Waals surface area contributed by atoms with Crippen molar-refractivity contribution in [3.8, 4) is 0 Å². The van der Waals surface area contributed by atoms with Crippen LogP contribution in [0.2, 0.25) is 0 Å². The number of hydrogen-bond donors (Lipinski definition) is 2. The van der Waals surface area contributed by atoms with E-state index >= 15 is 0 Å². The highest BCUT2D eigenvalue weighted by Gasteiger charge is 2.26. The highest BCUT2D eigenvalue weighted by Crippen LogP contribution is 2.05. The van der Waals surface area contributed by atoms with Crippen molar-refractivity contribution in [2.75, 3.05) is 18.1 Å². The summed E-state index contributed by atoms with van der Waals surface area (Å²) in [5.74, 6) is 0.0497. The summed E-state index contributed by atoms with van der Waals surface area (Å²) in [5.41, 5.74) is 0. The van der Waals surface area contributed by atoms with Gasteiger partial charge in [0.05, 0.1) is 18.1 Å². The van der Waals surface area contributed by atoms with Crippen LogP contribution in [-0.4, -0.2) is 54.2 Å². The van der Waals surface area contributed by atoms with Gasteiger partial charge in [-0.15, -0.1) is 0 Å². The molecule has 7 nitrogen and oxygen atoms in total. The zero-order valence-corrected chi connectivity index (χ0v) is 12.3. The first-order valence-corrected chi connectivity index (χ1v) is 8.47. The van der Waals surface area contributed by atoms with Gasteiger partial charge in [-0.25, -0.2) is 8.42 Å². The van der Waals surface area contributed by atoms with Gasteiger partial charge in [-0.2, -0.15) is 5.10 Å².